The number of hydrogen-bond donors (Lipinski definition) is 3. The molecule has 0 aliphatic heterocycles. The average Bonchev–Trinajstić information content (AvgIpc) is 2.37. The van der Waals surface area contributed by atoms with Gasteiger partial charge in [-0.05, 0) is 30.2 Å². The minimum absolute atomic E-state index is 0.122. The molecule has 1 aromatic rings. The number of anilines is 1. The van der Waals surface area contributed by atoms with Gasteiger partial charge in [-0.25, -0.2) is 4.79 Å². The van der Waals surface area contributed by atoms with Crippen molar-refractivity contribution in [3.63, 3.8) is 0 Å². The first-order chi connectivity index (χ1) is 9.01. The van der Waals surface area contributed by atoms with Gasteiger partial charge >= 0.3 is 5.97 Å². The molecule has 0 fully saturated rings. The van der Waals surface area contributed by atoms with Gasteiger partial charge in [0.05, 0.1) is 0 Å². The van der Waals surface area contributed by atoms with Gasteiger partial charge in [0.1, 0.15) is 0 Å². The summed E-state index contributed by atoms with van der Waals surface area (Å²) >= 11 is 0. The summed E-state index contributed by atoms with van der Waals surface area (Å²) in [7, 11) is 0. The maximum absolute atomic E-state index is 11.6. The van der Waals surface area contributed by atoms with E-state index < -0.39 is 5.97 Å². The first kappa shape index (κ1) is 14.9. The fourth-order valence-electron chi connectivity index (χ4n) is 1.44. The van der Waals surface area contributed by atoms with Gasteiger partial charge in [-0.3, -0.25) is 4.79 Å². The molecule has 19 heavy (non-hydrogen) atoms. The minimum atomic E-state index is -0.995. The highest BCUT2D eigenvalue weighted by molar-refractivity contribution is 5.91. The van der Waals surface area contributed by atoms with E-state index in [1.165, 1.54) is 6.08 Å². The van der Waals surface area contributed by atoms with E-state index in [0.29, 0.717) is 5.69 Å². The molecule has 0 saturated heterocycles. The van der Waals surface area contributed by atoms with Crippen LogP contribution in [0.15, 0.2) is 30.3 Å². The number of nitrogens with two attached hydrogens (primary N) is 1. The van der Waals surface area contributed by atoms with Crippen LogP contribution < -0.4 is 11.1 Å². The van der Waals surface area contributed by atoms with Gasteiger partial charge in [0.25, 0.3) is 0 Å². The van der Waals surface area contributed by atoms with Crippen LogP contribution in [0.3, 0.4) is 0 Å². The highest BCUT2D eigenvalue weighted by Crippen LogP contribution is 2.11. The molecule has 4 N–H and O–H groups in total. The second-order valence-corrected chi connectivity index (χ2v) is 4.21. The number of carbonyl (C=O) groups excluding carboxylic acids is 1. The molecule has 0 spiro atoms. The van der Waals surface area contributed by atoms with E-state index in [9.17, 15) is 9.59 Å². The number of carboxylic acid groups (broad SMARTS) is 1. The summed E-state index contributed by atoms with van der Waals surface area (Å²) in [6, 6.07) is 6.77. The Kier molecular flexibility index (Phi) is 5.75. The minimum Gasteiger partial charge on any atom is -0.478 e. The van der Waals surface area contributed by atoms with Crippen molar-refractivity contribution in [1.82, 2.24) is 0 Å². The highest BCUT2D eigenvalue weighted by Gasteiger charge is 2.07. The zero-order chi connectivity index (χ0) is 14.3. The van der Waals surface area contributed by atoms with E-state index in [1.807, 2.05) is 6.92 Å². The quantitative estimate of drug-likeness (QED) is 0.682. The predicted octanol–water partition coefficient (Wildman–Crippen LogP) is 1.85. The number of rotatable bonds is 6. The molecule has 0 aliphatic carbocycles. The van der Waals surface area contributed by atoms with Crippen LogP contribution in [0.2, 0.25) is 0 Å². The van der Waals surface area contributed by atoms with Crippen LogP contribution in [-0.2, 0) is 9.59 Å². The zero-order valence-corrected chi connectivity index (χ0v) is 10.8. The Bertz CT molecular complexity index is 466. The lowest BCUT2D eigenvalue weighted by Crippen LogP contribution is -2.26. The summed E-state index contributed by atoms with van der Waals surface area (Å²) in [5.41, 5.74) is 7.12. The lowest BCUT2D eigenvalue weighted by atomic mass is 10.1. The van der Waals surface area contributed by atoms with Crippen molar-refractivity contribution in [1.29, 1.82) is 0 Å². The molecule has 0 saturated carbocycles. The van der Waals surface area contributed by atoms with E-state index >= 15 is 0 Å². The third-order valence-corrected chi connectivity index (χ3v) is 2.58. The molecule has 1 rings (SSSR count). The lowest BCUT2D eigenvalue weighted by Gasteiger charge is -2.09. The number of amides is 1. The van der Waals surface area contributed by atoms with Gasteiger partial charge in [-0.2, -0.15) is 0 Å². The molecule has 102 valence electrons. The third-order valence-electron chi connectivity index (χ3n) is 2.58. The van der Waals surface area contributed by atoms with E-state index in [-0.39, 0.29) is 18.4 Å². The number of aliphatic carboxylic acids is 1. The van der Waals surface area contributed by atoms with Crippen LogP contribution in [0.5, 0.6) is 0 Å². The van der Waals surface area contributed by atoms with Crippen LogP contribution in [0.25, 0.3) is 6.08 Å². The van der Waals surface area contributed by atoms with Gasteiger partial charge in [-0.15, -0.1) is 0 Å². The molecule has 0 aliphatic rings. The van der Waals surface area contributed by atoms with Gasteiger partial charge < -0.3 is 16.2 Å². The fraction of sp³-hybridized carbons (Fsp3) is 0.286. The largest absolute Gasteiger partial charge is 0.478 e. The summed E-state index contributed by atoms with van der Waals surface area (Å²) < 4.78 is 0. The van der Waals surface area contributed by atoms with Crippen LogP contribution in [0, 0.1) is 0 Å². The Balaban J connectivity index is 2.57. The van der Waals surface area contributed by atoms with Crippen LogP contribution in [0.4, 0.5) is 5.69 Å². The average molecular weight is 262 g/mol. The maximum atomic E-state index is 11.6. The second kappa shape index (κ2) is 7.33. The summed E-state index contributed by atoms with van der Waals surface area (Å²) in [4.78, 5) is 22.0. The van der Waals surface area contributed by atoms with E-state index in [2.05, 4.69) is 5.32 Å². The lowest BCUT2D eigenvalue weighted by molar-refractivity contribution is -0.131. The van der Waals surface area contributed by atoms with Gasteiger partial charge in [0, 0.05) is 24.2 Å². The van der Waals surface area contributed by atoms with Gasteiger partial charge in [0.2, 0.25) is 5.91 Å². The van der Waals surface area contributed by atoms with Crippen molar-refractivity contribution < 1.29 is 14.7 Å². The van der Waals surface area contributed by atoms with Crippen molar-refractivity contribution in [3.8, 4) is 0 Å². The highest BCUT2D eigenvalue weighted by atomic mass is 16.4. The Morgan fingerprint density at radius 1 is 1.37 bits per heavy atom. The van der Waals surface area contributed by atoms with E-state index in [4.69, 9.17) is 10.8 Å². The maximum Gasteiger partial charge on any atom is 0.328 e. The van der Waals surface area contributed by atoms with E-state index in [1.54, 1.807) is 24.3 Å². The Morgan fingerprint density at radius 3 is 2.53 bits per heavy atom. The number of benzene rings is 1. The van der Waals surface area contributed by atoms with Crippen molar-refractivity contribution in [3.05, 3.63) is 35.9 Å². The number of hydrogen-bond acceptors (Lipinski definition) is 3. The van der Waals surface area contributed by atoms with E-state index in [0.717, 1.165) is 18.1 Å². The number of carbonyl (C=O) groups is 2. The zero-order valence-electron chi connectivity index (χ0n) is 10.8. The molecule has 1 unspecified atom stereocenters. The number of nitrogens with one attached hydrogen (secondary N) is 1. The van der Waals surface area contributed by atoms with Crippen LogP contribution in [0.1, 0.15) is 25.3 Å². The van der Waals surface area contributed by atoms with Crippen LogP contribution >= 0.6 is 0 Å². The first-order valence-corrected chi connectivity index (χ1v) is 6.07. The summed E-state index contributed by atoms with van der Waals surface area (Å²) in [5.74, 6) is -1.12. The standard InChI is InChI=1S/C14H18N2O3/c1-2-11(15)9-13(17)16-12-6-3-10(4-7-12)5-8-14(18)19/h3-8,11H,2,9,15H2,1H3,(H,16,17)(H,18,19)/b8-5+. The molecule has 0 aromatic heterocycles. The summed E-state index contributed by atoms with van der Waals surface area (Å²) in [6.45, 7) is 1.93. The first-order valence-electron chi connectivity index (χ1n) is 6.07. The SMILES string of the molecule is CCC(N)CC(=O)Nc1ccc(/C=C/C(=O)O)cc1. The molecule has 1 aromatic carbocycles. The van der Waals surface area contributed by atoms with Crippen molar-refractivity contribution in [2.45, 2.75) is 25.8 Å². The van der Waals surface area contributed by atoms with Gasteiger partial charge in [0.15, 0.2) is 0 Å². The van der Waals surface area contributed by atoms with Crippen molar-refractivity contribution in [2.75, 3.05) is 5.32 Å². The smallest absolute Gasteiger partial charge is 0.328 e. The Hall–Kier alpha value is -2.14. The van der Waals surface area contributed by atoms with Crippen LogP contribution in [-0.4, -0.2) is 23.0 Å². The molecule has 1 atom stereocenters. The Labute approximate surface area is 112 Å². The van der Waals surface area contributed by atoms with Crippen molar-refractivity contribution in [2.24, 2.45) is 5.73 Å². The third kappa shape index (κ3) is 5.83. The topological polar surface area (TPSA) is 92.4 Å². The Morgan fingerprint density at radius 2 is 2.00 bits per heavy atom. The second-order valence-electron chi connectivity index (χ2n) is 4.21. The normalized spacial score (nSPS) is 12.3. The molecule has 0 radical (unpaired) electrons. The molecular formula is C14H18N2O3. The molecule has 1 amide bonds. The molecule has 0 bridgehead atoms. The van der Waals surface area contributed by atoms with Crippen molar-refractivity contribution >= 4 is 23.6 Å². The summed E-state index contributed by atoms with van der Waals surface area (Å²) in [5, 5.41) is 11.2. The molecule has 5 nitrogen and oxygen atoms in total. The monoisotopic (exact) mass is 262 g/mol. The number of carboxylic acids is 1. The summed E-state index contributed by atoms with van der Waals surface area (Å²) in [6.07, 6.45) is 3.60. The predicted molar refractivity (Wildman–Crippen MR) is 74.6 cm³/mol. The molecule has 5 heteroatoms. The molecular weight excluding hydrogens is 244 g/mol. The molecule has 0 heterocycles. The van der Waals surface area contributed by atoms with Gasteiger partial charge in [-0.1, -0.05) is 19.1 Å². The fourth-order valence-corrected chi connectivity index (χ4v) is 1.44.